The molecular formula is C36H45N5O5. The van der Waals surface area contributed by atoms with E-state index in [0.717, 1.165) is 24.1 Å². The average molecular weight is 628 g/mol. The van der Waals surface area contributed by atoms with Gasteiger partial charge in [-0.05, 0) is 85.5 Å². The minimum Gasteiger partial charge on any atom is -0.453 e. The van der Waals surface area contributed by atoms with Gasteiger partial charge in [-0.3, -0.25) is 20.3 Å². The molecule has 10 nitrogen and oxygen atoms in total. The first-order chi connectivity index (χ1) is 22.0. The lowest BCUT2D eigenvalue weighted by Crippen LogP contribution is -2.57. The van der Waals surface area contributed by atoms with Crippen LogP contribution in [0, 0.1) is 12.3 Å². The maximum atomic E-state index is 13.6. The summed E-state index contributed by atoms with van der Waals surface area (Å²) >= 11 is 0. The zero-order valence-electron chi connectivity index (χ0n) is 27.2. The smallest absolute Gasteiger partial charge is 0.407 e. The number of nitrogens with one attached hydrogen (secondary N) is 3. The van der Waals surface area contributed by atoms with Gasteiger partial charge in [0, 0.05) is 17.9 Å². The van der Waals surface area contributed by atoms with Gasteiger partial charge in [-0.15, -0.1) is 0 Å². The number of nitrogens with zero attached hydrogens (tertiary/aromatic N) is 2. The summed E-state index contributed by atoms with van der Waals surface area (Å²) in [6.45, 7) is 8.14. The summed E-state index contributed by atoms with van der Waals surface area (Å²) in [6, 6.07) is 23.3. The number of anilines is 3. The molecule has 2 heterocycles. The van der Waals surface area contributed by atoms with Crippen molar-refractivity contribution < 1.29 is 24.3 Å². The van der Waals surface area contributed by atoms with Crippen molar-refractivity contribution in [3.05, 3.63) is 89.5 Å². The number of ether oxygens (including phenoxy) is 1. The van der Waals surface area contributed by atoms with Crippen LogP contribution in [0.1, 0.15) is 75.2 Å². The molecule has 0 aromatic heterocycles. The topological polar surface area (TPSA) is 123 Å². The third-order valence-corrected chi connectivity index (χ3v) is 9.10. The summed E-state index contributed by atoms with van der Waals surface area (Å²) < 4.78 is 4.75. The minimum atomic E-state index is -0.830. The number of aryl methyl sites for hydroxylation is 1. The number of carbonyl (C=O) groups is 3. The summed E-state index contributed by atoms with van der Waals surface area (Å²) in [5.41, 5.74) is 7.61. The van der Waals surface area contributed by atoms with Gasteiger partial charge in [-0.25, -0.2) is 4.79 Å². The van der Waals surface area contributed by atoms with Crippen molar-refractivity contribution in [2.45, 2.75) is 77.5 Å². The third-order valence-electron chi connectivity index (χ3n) is 9.10. The number of likely N-dealkylation sites (tertiary alicyclic amines) is 1. The highest BCUT2D eigenvalue weighted by Crippen LogP contribution is 2.47. The number of carbonyl (C=O) groups excluding carboxylic acids is 3. The Morgan fingerprint density at radius 3 is 1.93 bits per heavy atom. The van der Waals surface area contributed by atoms with E-state index in [9.17, 15) is 19.6 Å². The Balaban J connectivity index is 1.32. The van der Waals surface area contributed by atoms with Crippen LogP contribution in [0.4, 0.5) is 21.9 Å². The van der Waals surface area contributed by atoms with Crippen molar-refractivity contribution in [2.24, 2.45) is 5.41 Å². The van der Waals surface area contributed by atoms with Gasteiger partial charge in [0.05, 0.1) is 24.9 Å². The highest BCUT2D eigenvalue weighted by molar-refractivity contribution is 5.98. The number of rotatable bonds is 8. The highest BCUT2D eigenvalue weighted by atomic mass is 16.5. The lowest BCUT2D eigenvalue weighted by molar-refractivity contribution is -0.140. The fraction of sp³-hybridized carbons (Fsp3) is 0.417. The molecule has 2 fully saturated rings. The monoisotopic (exact) mass is 627 g/mol. The molecule has 2 aliphatic heterocycles. The Hall–Kier alpha value is -4.57. The number of benzene rings is 3. The van der Waals surface area contributed by atoms with Crippen molar-refractivity contribution in [1.29, 1.82) is 0 Å². The van der Waals surface area contributed by atoms with E-state index in [-0.39, 0.29) is 23.9 Å². The summed E-state index contributed by atoms with van der Waals surface area (Å²) in [5, 5.41) is 15.0. The minimum absolute atomic E-state index is 0.132. The van der Waals surface area contributed by atoms with Crippen LogP contribution in [0.3, 0.4) is 0 Å². The summed E-state index contributed by atoms with van der Waals surface area (Å²) in [4.78, 5) is 43.1. The number of methoxy groups -OCH3 is 1. The molecule has 4 atom stereocenters. The first-order valence-corrected chi connectivity index (χ1v) is 15.9. The van der Waals surface area contributed by atoms with Crippen LogP contribution in [0.2, 0.25) is 0 Å². The maximum Gasteiger partial charge on any atom is 0.407 e. The molecule has 3 aromatic rings. The largest absolute Gasteiger partial charge is 0.453 e. The van der Waals surface area contributed by atoms with Gasteiger partial charge in [-0.2, -0.15) is 0 Å². The summed E-state index contributed by atoms with van der Waals surface area (Å²) in [7, 11) is 1.26. The van der Waals surface area contributed by atoms with Crippen molar-refractivity contribution >= 4 is 35.0 Å². The predicted octanol–water partition coefficient (Wildman–Crippen LogP) is 6.58. The van der Waals surface area contributed by atoms with Crippen LogP contribution < -0.4 is 21.0 Å². The van der Waals surface area contributed by atoms with Gasteiger partial charge < -0.3 is 25.2 Å². The molecule has 5 rings (SSSR count). The first-order valence-electron chi connectivity index (χ1n) is 15.9. The molecule has 244 valence electrons. The molecule has 2 aliphatic rings. The SMILES string of the molecule is COC(=O)N[C@H](C(=O)N1CCC[C@H]1C(=O)Nc1ccc([C@H]2CC[C@H](c3ccc(NO)cc3)N2c2ccc(C)cc2)cc1)C(C)(C)C. The van der Waals surface area contributed by atoms with Crippen molar-refractivity contribution in [3.63, 3.8) is 0 Å². The van der Waals surface area contributed by atoms with E-state index in [1.807, 2.05) is 45.0 Å². The second kappa shape index (κ2) is 13.8. The van der Waals surface area contributed by atoms with Crippen LogP contribution >= 0.6 is 0 Å². The van der Waals surface area contributed by atoms with Crippen LogP contribution in [0.25, 0.3) is 0 Å². The average Bonchev–Trinajstić information content (AvgIpc) is 3.72. The lowest BCUT2D eigenvalue weighted by Gasteiger charge is -2.35. The van der Waals surface area contributed by atoms with Crippen LogP contribution in [0.15, 0.2) is 72.8 Å². The Morgan fingerprint density at radius 1 is 0.848 bits per heavy atom. The second-order valence-corrected chi connectivity index (χ2v) is 13.3. The molecule has 46 heavy (non-hydrogen) atoms. The van der Waals surface area contributed by atoms with E-state index in [0.29, 0.717) is 30.8 Å². The molecule has 0 bridgehead atoms. The van der Waals surface area contributed by atoms with Gasteiger partial charge in [0.1, 0.15) is 12.1 Å². The van der Waals surface area contributed by atoms with E-state index in [2.05, 4.69) is 76.5 Å². The first kappa shape index (κ1) is 32.8. The van der Waals surface area contributed by atoms with Crippen LogP contribution in [-0.4, -0.2) is 53.8 Å². The number of hydrogen-bond donors (Lipinski definition) is 4. The van der Waals surface area contributed by atoms with Gasteiger partial charge in [0.15, 0.2) is 0 Å². The zero-order valence-corrected chi connectivity index (χ0v) is 27.2. The molecule has 0 radical (unpaired) electrons. The normalized spacial score (nSPS) is 20.3. The van der Waals surface area contributed by atoms with E-state index in [1.54, 1.807) is 4.90 Å². The number of amides is 3. The molecule has 2 saturated heterocycles. The van der Waals surface area contributed by atoms with E-state index in [4.69, 9.17) is 4.74 Å². The van der Waals surface area contributed by atoms with Gasteiger partial charge in [0.25, 0.3) is 0 Å². The number of alkyl carbamates (subject to hydrolysis) is 1. The van der Waals surface area contributed by atoms with E-state index >= 15 is 0 Å². The van der Waals surface area contributed by atoms with Crippen molar-refractivity contribution in [1.82, 2.24) is 10.2 Å². The van der Waals surface area contributed by atoms with E-state index < -0.39 is 23.6 Å². The molecular weight excluding hydrogens is 582 g/mol. The Kier molecular flexibility index (Phi) is 9.86. The van der Waals surface area contributed by atoms with E-state index in [1.165, 1.54) is 18.2 Å². The molecule has 10 heteroatoms. The second-order valence-electron chi connectivity index (χ2n) is 13.3. The Labute approximate surface area is 271 Å². The van der Waals surface area contributed by atoms with Crippen molar-refractivity contribution in [2.75, 3.05) is 29.4 Å². The van der Waals surface area contributed by atoms with Gasteiger partial charge >= 0.3 is 6.09 Å². The molecule has 0 spiro atoms. The standard InChI is InChI=1S/C36H45N5O5/c1-23-8-18-28(19-9-23)41-29(20-21-30(41)25-12-16-27(39-45)17-13-25)24-10-14-26(15-11-24)37-33(42)31-7-6-22-40(31)34(43)32(36(2,3)4)38-35(44)46-5/h8-19,29-32,39,45H,6-7,20-22H2,1-5H3,(H,37,42)(H,38,44)/t29-,30-,31+,32-/m1/s1. The van der Waals surface area contributed by atoms with Gasteiger partial charge in [0.2, 0.25) is 11.8 Å². The van der Waals surface area contributed by atoms with Crippen molar-refractivity contribution in [3.8, 4) is 0 Å². The molecule has 3 amide bonds. The van der Waals surface area contributed by atoms with Crippen LogP contribution in [0.5, 0.6) is 0 Å². The summed E-state index contributed by atoms with van der Waals surface area (Å²) in [5.74, 6) is -0.535. The third kappa shape index (κ3) is 7.12. The lowest BCUT2D eigenvalue weighted by atomic mass is 9.85. The fourth-order valence-electron chi connectivity index (χ4n) is 6.63. The maximum absolute atomic E-state index is 13.6. The molecule has 0 aliphatic carbocycles. The fourth-order valence-corrected chi connectivity index (χ4v) is 6.63. The quantitative estimate of drug-likeness (QED) is 0.208. The highest BCUT2D eigenvalue weighted by Gasteiger charge is 2.42. The van der Waals surface area contributed by atoms with Crippen LogP contribution in [-0.2, 0) is 14.3 Å². The molecule has 0 unspecified atom stereocenters. The number of hydrogen-bond acceptors (Lipinski definition) is 7. The molecule has 3 aromatic carbocycles. The molecule has 4 N–H and O–H groups in total. The molecule has 0 saturated carbocycles. The Bertz CT molecular complexity index is 1520. The van der Waals surface area contributed by atoms with Gasteiger partial charge in [-0.1, -0.05) is 62.7 Å². The summed E-state index contributed by atoms with van der Waals surface area (Å²) in [6.07, 6.45) is 2.50. The zero-order chi connectivity index (χ0) is 33.0. The Morgan fingerprint density at radius 2 is 1.41 bits per heavy atom. The predicted molar refractivity (Wildman–Crippen MR) is 179 cm³/mol.